The van der Waals surface area contributed by atoms with E-state index < -0.39 is 0 Å². The van der Waals surface area contributed by atoms with Crippen molar-refractivity contribution in [3.05, 3.63) is 255 Å². The Morgan fingerprint density at radius 3 is 1.44 bits per heavy atom. The fraction of sp³-hybridized carbons (Fsp3) is 0. The lowest BCUT2D eigenvalue weighted by atomic mass is 9.92. The molecule has 0 radical (unpaired) electrons. The molecule has 0 atom stereocenters. The van der Waals surface area contributed by atoms with Crippen LogP contribution in [0.15, 0.2) is 264 Å². The highest BCUT2D eigenvalue weighted by Crippen LogP contribution is 2.47. The lowest BCUT2D eigenvalue weighted by molar-refractivity contribution is 0.669. The van der Waals surface area contributed by atoms with E-state index in [0.29, 0.717) is 17.5 Å². The Morgan fingerprint density at radius 2 is 0.747 bits per heavy atom. The van der Waals surface area contributed by atoms with Crippen LogP contribution < -0.4 is 0 Å². The fourth-order valence-electron chi connectivity index (χ4n) is 11.2. The quantitative estimate of drug-likeness (QED) is 0.152. The molecule has 4 aromatic heterocycles. The van der Waals surface area contributed by atoms with E-state index in [9.17, 15) is 0 Å². The van der Waals surface area contributed by atoms with Crippen LogP contribution in [0.3, 0.4) is 0 Å². The van der Waals surface area contributed by atoms with Gasteiger partial charge in [-0.15, -0.1) is 0 Å². The van der Waals surface area contributed by atoms with E-state index in [1.54, 1.807) is 0 Å². The number of rotatable bonds is 8. The molecule has 15 aromatic rings. The summed E-state index contributed by atoms with van der Waals surface area (Å²) < 4.78 is 16.1. The molecule has 4 heterocycles. The first-order valence-electron chi connectivity index (χ1n) is 25.2. The van der Waals surface area contributed by atoms with Crippen LogP contribution in [0.2, 0.25) is 0 Å². The van der Waals surface area contributed by atoms with Crippen molar-refractivity contribution >= 4 is 65.7 Å². The van der Waals surface area contributed by atoms with E-state index in [2.05, 4.69) is 187 Å². The molecule has 0 N–H and O–H groups in total. The van der Waals surface area contributed by atoms with Crippen LogP contribution in [0.4, 0.5) is 0 Å². The number of hydrogen-bond acceptors (Lipinski definition) is 5. The molecule has 0 aliphatic carbocycles. The zero-order valence-electron chi connectivity index (χ0n) is 40.4. The van der Waals surface area contributed by atoms with Gasteiger partial charge in [-0.1, -0.05) is 194 Å². The Kier molecular flexibility index (Phi) is 9.78. The van der Waals surface area contributed by atoms with Crippen molar-refractivity contribution in [2.24, 2.45) is 0 Å². The lowest BCUT2D eigenvalue weighted by Gasteiger charge is -2.17. The second-order valence-corrected chi connectivity index (χ2v) is 19.0. The molecular formula is C69H42N4O2. The van der Waals surface area contributed by atoms with Gasteiger partial charge < -0.3 is 13.4 Å². The summed E-state index contributed by atoms with van der Waals surface area (Å²) in [5.41, 5.74) is 18.1. The minimum atomic E-state index is 0.602. The van der Waals surface area contributed by atoms with Crippen LogP contribution in [0.1, 0.15) is 0 Å². The minimum Gasteiger partial charge on any atom is -0.456 e. The molecule has 0 aliphatic heterocycles. The summed E-state index contributed by atoms with van der Waals surface area (Å²) in [7, 11) is 0. The third-order valence-corrected chi connectivity index (χ3v) is 14.7. The van der Waals surface area contributed by atoms with Crippen molar-refractivity contribution < 1.29 is 8.83 Å². The van der Waals surface area contributed by atoms with Crippen LogP contribution in [0.25, 0.3) is 150 Å². The summed E-state index contributed by atoms with van der Waals surface area (Å²) in [4.78, 5) is 15.1. The summed E-state index contributed by atoms with van der Waals surface area (Å²) in [5.74, 6) is 1.85. The van der Waals surface area contributed by atoms with Crippen molar-refractivity contribution in [3.63, 3.8) is 0 Å². The average molecular weight is 959 g/mol. The lowest BCUT2D eigenvalue weighted by Crippen LogP contribution is -2.00. The van der Waals surface area contributed by atoms with Gasteiger partial charge in [-0.3, -0.25) is 0 Å². The molecule has 0 saturated carbocycles. The second kappa shape index (κ2) is 17.3. The minimum absolute atomic E-state index is 0.602. The van der Waals surface area contributed by atoms with E-state index in [4.69, 9.17) is 23.8 Å². The van der Waals surface area contributed by atoms with Gasteiger partial charge in [0.05, 0.1) is 22.1 Å². The number of para-hydroxylation sites is 3. The molecule has 11 aromatic carbocycles. The first-order chi connectivity index (χ1) is 37.2. The normalized spacial score (nSPS) is 11.7. The monoisotopic (exact) mass is 958 g/mol. The maximum Gasteiger partial charge on any atom is 0.164 e. The largest absolute Gasteiger partial charge is 0.456 e. The molecule has 15 rings (SSSR count). The SMILES string of the molecule is c1ccc(-c2ccc3c(c2)c2ccccc2n3-c2c(-c3cccc(-c4ccc(-c5cccc(-c6nc(-c7ccccc7)nc(-c7ccccc7)n6)c5)c5c4oc4ccccc45)c3)ccc3oc4ccccc4c23)cc1. The van der Waals surface area contributed by atoms with Gasteiger partial charge in [-0.05, 0) is 94.0 Å². The van der Waals surface area contributed by atoms with Gasteiger partial charge in [0.1, 0.15) is 22.3 Å². The highest BCUT2D eigenvalue weighted by atomic mass is 16.3. The van der Waals surface area contributed by atoms with Crippen molar-refractivity contribution in [1.29, 1.82) is 0 Å². The summed E-state index contributed by atoms with van der Waals surface area (Å²) in [5, 5.41) is 6.61. The van der Waals surface area contributed by atoms with Crippen LogP contribution in [-0.2, 0) is 0 Å². The first kappa shape index (κ1) is 42.5. The Labute approximate surface area is 431 Å². The standard InChI is InChI=1S/C69H42N4O2/c1-4-18-43(19-5-1)46-34-38-59-57(42-46)54-28-10-13-31-58(54)73(59)65-52(37-39-62-64(65)56-30-12-14-32-60(56)74-62)48-25-16-26-49(40-48)53-36-35-51(63-55-29-11-15-33-61(55)75-66(53)63)47-24-17-27-50(41-47)69-71-67(44-20-6-2-7-21-44)70-68(72-69)45-22-8-3-9-23-45/h1-42H. The smallest absolute Gasteiger partial charge is 0.164 e. The summed E-state index contributed by atoms with van der Waals surface area (Å²) in [6.45, 7) is 0. The van der Waals surface area contributed by atoms with E-state index in [-0.39, 0.29) is 0 Å². The highest BCUT2D eigenvalue weighted by molar-refractivity contribution is 6.18. The number of benzene rings is 11. The molecule has 6 heteroatoms. The Balaban J connectivity index is 0.905. The van der Waals surface area contributed by atoms with Crippen molar-refractivity contribution in [2.75, 3.05) is 0 Å². The van der Waals surface area contributed by atoms with E-state index >= 15 is 0 Å². The summed E-state index contributed by atoms with van der Waals surface area (Å²) in [6, 6.07) is 89.3. The molecule has 0 fully saturated rings. The molecule has 0 bridgehead atoms. The van der Waals surface area contributed by atoms with Gasteiger partial charge in [-0.25, -0.2) is 15.0 Å². The van der Waals surface area contributed by atoms with Crippen LogP contribution in [0, 0.1) is 0 Å². The van der Waals surface area contributed by atoms with Gasteiger partial charge in [0.2, 0.25) is 0 Å². The third-order valence-electron chi connectivity index (χ3n) is 14.7. The molecule has 6 nitrogen and oxygen atoms in total. The van der Waals surface area contributed by atoms with Crippen molar-refractivity contribution in [3.8, 4) is 84.4 Å². The van der Waals surface area contributed by atoms with Gasteiger partial charge in [0.15, 0.2) is 17.5 Å². The predicted molar refractivity (Wildman–Crippen MR) is 307 cm³/mol. The predicted octanol–water partition coefficient (Wildman–Crippen LogP) is 18.4. The van der Waals surface area contributed by atoms with Gasteiger partial charge in [0.25, 0.3) is 0 Å². The zero-order chi connectivity index (χ0) is 49.4. The first-order valence-corrected chi connectivity index (χ1v) is 25.2. The van der Waals surface area contributed by atoms with Crippen LogP contribution in [-0.4, -0.2) is 19.5 Å². The number of fused-ring (bicyclic) bond motifs is 9. The van der Waals surface area contributed by atoms with E-state index in [1.807, 2.05) is 72.8 Å². The molecule has 0 aliphatic rings. The maximum atomic E-state index is 6.96. The molecule has 75 heavy (non-hydrogen) atoms. The van der Waals surface area contributed by atoms with Crippen molar-refractivity contribution in [1.82, 2.24) is 19.5 Å². The van der Waals surface area contributed by atoms with Crippen LogP contribution >= 0.6 is 0 Å². The number of nitrogens with zero attached hydrogens (tertiary/aromatic N) is 4. The van der Waals surface area contributed by atoms with Crippen LogP contribution in [0.5, 0.6) is 0 Å². The van der Waals surface area contributed by atoms with E-state index in [1.165, 1.54) is 21.9 Å². The number of furan rings is 2. The van der Waals surface area contributed by atoms with Gasteiger partial charge in [0, 0.05) is 54.7 Å². The molecule has 0 unspecified atom stereocenters. The maximum absolute atomic E-state index is 6.96. The Morgan fingerprint density at radius 1 is 0.267 bits per heavy atom. The van der Waals surface area contributed by atoms with Gasteiger partial charge >= 0.3 is 0 Å². The fourth-order valence-corrected chi connectivity index (χ4v) is 11.2. The zero-order valence-corrected chi connectivity index (χ0v) is 40.4. The molecule has 0 spiro atoms. The summed E-state index contributed by atoms with van der Waals surface area (Å²) in [6.07, 6.45) is 0. The number of aromatic nitrogens is 4. The molecular weight excluding hydrogens is 917 g/mol. The Bertz CT molecular complexity index is 4650. The summed E-state index contributed by atoms with van der Waals surface area (Å²) >= 11 is 0. The topological polar surface area (TPSA) is 69.9 Å². The molecule has 0 amide bonds. The van der Waals surface area contributed by atoms with E-state index in [0.717, 1.165) is 111 Å². The average Bonchev–Trinajstić information content (AvgIpc) is 4.24. The molecule has 350 valence electrons. The molecule has 0 saturated heterocycles. The Hall–Kier alpha value is -10.2. The van der Waals surface area contributed by atoms with Crippen molar-refractivity contribution in [2.45, 2.75) is 0 Å². The highest BCUT2D eigenvalue weighted by Gasteiger charge is 2.24. The third kappa shape index (κ3) is 7.07. The number of hydrogen-bond donors (Lipinski definition) is 0. The van der Waals surface area contributed by atoms with Gasteiger partial charge in [-0.2, -0.15) is 0 Å². The second-order valence-electron chi connectivity index (χ2n) is 19.0.